The van der Waals surface area contributed by atoms with E-state index < -0.39 is 8.24 Å². The van der Waals surface area contributed by atoms with E-state index in [0.29, 0.717) is 5.04 Å². The van der Waals surface area contributed by atoms with Crippen molar-refractivity contribution in [3.05, 3.63) is 0 Å². The fourth-order valence-electron chi connectivity index (χ4n) is 1.86. The molecule has 0 atom stereocenters. The molecule has 15 heavy (non-hydrogen) atoms. The van der Waals surface area contributed by atoms with Crippen LogP contribution in [0.15, 0.2) is 0 Å². The molecular weight excluding hydrogens is 200 g/mol. The molecule has 0 rings (SSSR count). The molecule has 0 fully saturated rings. The minimum atomic E-state index is -1.38. The van der Waals surface area contributed by atoms with Crippen molar-refractivity contribution in [1.29, 1.82) is 0 Å². The molecule has 0 aromatic heterocycles. The molecule has 0 bridgehead atoms. The Balaban J connectivity index is 4.57. The van der Waals surface area contributed by atoms with E-state index >= 15 is 0 Å². The first kappa shape index (κ1) is 15.1. The van der Waals surface area contributed by atoms with Crippen molar-refractivity contribution in [2.24, 2.45) is 0 Å². The summed E-state index contributed by atoms with van der Waals surface area (Å²) < 4.78 is 0. The van der Waals surface area contributed by atoms with Crippen LogP contribution in [-0.4, -0.2) is 39.3 Å². The highest BCUT2D eigenvalue weighted by molar-refractivity contribution is 6.77. The van der Waals surface area contributed by atoms with Crippen LogP contribution in [0.5, 0.6) is 0 Å². The zero-order valence-corrected chi connectivity index (χ0v) is 13.2. The largest absolute Gasteiger partial charge is 0.331 e. The molecule has 0 aliphatic rings. The fraction of sp³-hybridized carbons (Fsp3) is 1.00. The Morgan fingerprint density at radius 2 is 1.40 bits per heavy atom. The molecule has 0 heterocycles. The number of hydrogen-bond acceptors (Lipinski definition) is 2. The van der Waals surface area contributed by atoms with Crippen molar-refractivity contribution in [3.8, 4) is 0 Å². The van der Waals surface area contributed by atoms with Crippen molar-refractivity contribution in [1.82, 2.24) is 9.88 Å². The highest BCUT2D eigenvalue weighted by Gasteiger charge is 2.39. The second-order valence-corrected chi connectivity index (χ2v) is 12.1. The lowest BCUT2D eigenvalue weighted by atomic mass is 10.1. The van der Waals surface area contributed by atoms with Crippen LogP contribution in [0.3, 0.4) is 0 Å². The summed E-state index contributed by atoms with van der Waals surface area (Å²) in [7, 11) is 2.88. The van der Waals surface area contributed by atoms with Gasteiger partial charge in [-0.2, -0.15) is 0 Å². The summed E-state index contributed by atoms with van der Waals surface area (Å²) in [5, 5.41) is 0.399. The first-order valence-corrected chi connectivity index (χ1v) is 8.81. The van der Waals surface area contributed by atoms with Gasteiger partial charge in [0, 0.05) is 12.1 Å². The maximum atomic E-state index is 3.90. The molecule has 0 aromatic carbocycles. The molecule has 0 aliphatic heterocycles. The number of rotatable bonds is 4. The molecule has 3 heteroatoms. The third-order valence-corrected chi connectivity index (χ3v) is 8.29. The van der Waals surface area contributed by atoms with Crippen molar-refractivity contribution >= 4 is 8.24 Å². The zero-order chi connectivity index (χ0) is 12.5. The lowest BCUT2D eigenvalue weighted by Crippen LogP contribution is -2.62. The predicted molar refractivity (Wildman–Crippen MR) is 73.0 cm³/mol. The highest BCUT2D eigenvalue weighted by Crippen LogP contribution is 2.35. The van der Waals surface area contributed by atoms with E-state index in [1.807, 2.05) is 0 Å². The van der Waals surface area contributed by atoms with Gasteiger partial charge in [-0.25, -0.2) is 0 Å². The first-order chi connectivity index (χ1) is 6.37. The summed E-state index contributed by atoms with van der Waals surface area (Å²) in [5.74, 6) is 0. The minimum Gasteiger partial charge on any atom is -0.331 e. The van der Waals surface area contributed by atoms with Gasteiger partial charge in [-0.3, -0.25) is 0 Å². The summed E-state index contributed by atoms with van der Waals surface area (Å²) in [5.41, 5.74) is 0.201. The maximum Gasteiger partial charge on any atom is 0.125 e. The van der Waals surface area contributed by atoms with Gasteiger partial charge in [-0.15, -0.1) is 0 Å². The van der Waals surface area contributed by atoms with Crippen LogP contribution >= 0.6 is 0 Å². The third-order valence-electron chi connectivity index (χ3n) is 3.24. The summed E-state index contributed by atoms with van der Waals surface area (Å²) in [4.78, 5) is 6.15. The molecule has 0 saturated carbocycles. The van der Waals surface area contributed by atoms with Crippen LogP contribution in [0.25, 0.3) is 0 Å². The van der Waals surface area contributed by atoms with Gasteiger partial charge in [0.2, 0.25) is 0 Å². The number of hydrogen-bond donors (Lipinski definition) is 1. The van der Waals surface area contributed by atoms with E-state index in [4.69, 9.17) is 0 Å². The van der Waals surface area contributed by atoms with E-state index in [9.17, 15) is 0 Å². The van der Waals surface area contributed by atoms with Gasteiger partial charge in [-0.05, 0) is 33.0 Å². The fourth-order valence-corrected chi connectivity index (χ4v) is 4.01. The van der Waals surface area contributed by atoms with Crippen molar-refractivity contribution < 1.29 is 0 Å². The van der Waals surface area contributed by atoms with Crippen LogP contribution in [-0.2, 0) is 0 Å². The Hall–Kier alpha value is 0.137. The smallest absolute Gasteiger partial charge is 0.125 e. The third kappa shape index (κ3) is 5.14. The van der Waals surface area contributed by atoms with Crippen molar-refractivity contribution in [2.45, 2.75) is 58.3 Å². The Morgan fingerprint density at radius 3 is 1.67 bits per heavy atom. The molecule has 0 saturated heterocycles. The Labute approximate surface area is 97.5 Å². The molecule has 0 radical (unpaired) electrons. The van der Waals surface area contributed by atoms with Gasteiger partial charge in [0.15, 0.2) is 0 Å². The lowest BCUT2D eigenvalue weighted by molar-refractivity contribution is 0.294. The van der Waals surface area contributed by atoms with E-state index in [1.54, 1.807) is 0 Å². The minimum absolute atomic E-state index is 0.201. The summed E-state index contributed by atoms with van der Waals surface area (Å²) in [6.45, 7) is 17.6. The van der Waals surface area contributed by atoms with E-state index in [2.05, 4.69) is 71.7 Å². The standard InChI is InChI=1S/C12H30N2Si/c1-11(2,3)15(8,9)13-12(4,5)10-14(6)7/h13H,10H2,1-9H3. The average molecular weight is 230 g/mol. The SMILES string of the molecule is CN(C)CC(C)(C)N[Si](C)(C)C(C)(C)C. The molecule has 2 nitrogen and oxygen atoms in total. The molecular formula is C12H30N2Si. The average Bonchev–Trinajstić information content (AvgIpc) is 1.75. The summed E-state index contributed by atoms with van der Waals surface area (Å²) >= 11 is 0. The highest BCUT2D eigenvalue weighted by atomic mass is 28.3. The summed E-state index contributed by atoms with van der Waals surface area (Å²) in [6.07, 6.45) is 0. The molecule has 0 unspecified atom stereocenters. The van der Waals surface area contributed by atoms with Crippen LogP contribution in [0.2, 0.25) is 18.1 Å². The van der Waals surface area contributed by atoms with Crippen LogP contribution in [0.4, 0.5) is 0 Å². The van der Waals surface area contributed by atoms with Crippen molar-refractivity contribution in [3.63, 3.8) is 0 Å². The number of nitrogens with zero attached hydrogens (tertiary/aromatic N) is 1. The second-order valence-electron chi connectivity index (χ2n) is 7.12. The zero-order valence-electron chi connectivity index (χ0n) is 12.2. The van der Waals surface area contributed by atoms with E-state index in [0.717, 1.165) is 6.54 Å². The maximum absolute atomic E-state index is 3.90. The molecule has 0 spiro atoms. The van der Waals surface area contributed by atoms with Gasteiger partial charge < -0.3 is 9.88 Å². The van der Waals surface area contributed by atoms with Gasteiger partial charge >= 0.3 is 0 Å². The second kappa shape index (κ2) is 4.56. The number of nitrogens with one attached hydrogen (secondary N) is 1. The summed E-state index contributed by atoms with van der Waals surface area (Å²) in [6, 6.07) is 0. The number of likely N-dealkylation sites (N-methyl/N-ethyl adjacent to an activating group) is 1. The molecule has 1 N–H and O–H groups in total. The molecule has 92 valence electrons. The lowest BCUT2D eigenvalue weighted by Gasteiger charge is -2.44. The van der Waals surface area contributed by atoms with E-state index in [-0.39, 0.29) is 5.54 Å². The van der Waals surface area contributed by atoms with Gasteiger partial charge in [0.25, 0.3) is 0 Å². The van der Waals surface area contributed by atoms with Gasteiger partial charge in [0.05, 0.1) is 0 Å². The van der Waals surface area contributed by atoms with Crippen molar-refractivity contribution in [2.75, 3.05) is 20.6 Å². The molecule has 0 amide bonds. The first-order valence-electron chi connectivity index (χ1n) is 5.81. The van der Waals surface area contributed by atoms with Crippen LogP contribution in [0, 0.1) is 0 Å². The quantitative estimate of drug-likeness (QED) is 0.747. The normalized spacial score (nSPS) is 14.8. The van der Waals surface area contributed by atoms with Gasteiger partial charge in [-0.1, -0.05) is 33.9 Å². The predicted octanol–water partition coefficient (Wildman–Crippen LogP) is 2.92. The van der Waals surface area contributed by atoms with Gasteiger partial charge in [0.1, 0.15) is 8.24 Å². The Morgan fingerprint density at radius 1 is 1.00 bits per heavy atom. The topological polar surface area (TPSA) is 15.3 Å². The van der Waals surface area contributed by atoms with Crippen LogP contribution < -0.4 is 4.98 Å². The van der Waals surface area contributed by atoms with Crippen LogP contribution in [0.1, 0.15) is 34.6 Å². The molecule has 0 aromatic rings. The monoisotopic (exact) mass is 230 g/mol. The Bertz CT molecular complexity index is 202. The molecule has 0 aliphatic carbocycles. The van der Waals surface area contributed by atoms with E-state index in [1.165, 1.54) is 0 Å². The Kier molecular flexibility index (Phi) is 4.60.